The summed E-state index contributed by atoms with van der Waals surface area (Å²) >= 11 is 6.02. The molecule has 1 aliphatic rings. The van der Waals surface area contributed by atoms with Gasteiger partial charge in [-0.3, -0.25) is 14.6 Å². The lowest BCUT2D eigenvalue weighted by Crippen LogP contribution is -2.33. The van der Waals surface area contributed by atoms with E-state index in [0.717, 1.165) is 48.7 Å². The van der Waals surface area contributed by atoms with Gasteiger partial charge in [0.15, 0.2) is 0 Å². The number of hydrogen-bond donors (Lipinski definition) is 0. The number of aromatic nitrogens is 4. The average molecular weight is 354 g/mol. The normalized spacial score (nSPS) is 14.5. The minimum absolute atomic E-state index is 0.579. The first-order chi connectivity index (χ1) is 12.1. The van der Waals surface area contributed by atoms with Crippen LogP contribution in [0.2, 0.25) is 5.15 Å². The summed E-state index contributed by atoms with van der Waals surface area (Å²) in [5.41, 5.74) is 6.51. The van der Waals surface area contributed by atoms with E-state index in [2.05, 4.69) is 44.7 Å². The fourth-order valence-electron chi connectivity index (χ4n) is 3.29. The van der Waals surface area contributed by atoms with E-state index < -0.39 is 0 Å². The highest BCUT2D eigenvalue weighted by Gasteiger charge is 2.20. The number of fused-ring (bicyclic) bond motifs is 1. The highest BCUT2D eigenvalue weighted by Crippen LogP contribution is 2.24. The molecule has 3 aromatic heterocycles. The van der Waals surface area contributed by atoms with Crippen LogP contribution in [0.15, 0.2) is 36.7 Å². The van der Waals surface area contributed by atoms with Crippen LogP contribution in [0.1, 0.15) is 22.4 Å². The molecule has 0 amide bonds. The predicted molar refractivity (Wildman–Crippen MR) is 98.3 cm³/mol. The van der Waals surface area contributed by atoms with Crippen molar-refractivity contribution in [2.24, 2.45) is 0 Å². The quantitative estimate of drug-likeness (QED) is 0.675. The molecule has 5 nitrogen and oxygen atoms in total. The number of aryl methyl sites for hydroxylation is 2. The Bertz CT molecular complexity index is 918. The van der Waals surface area contributed by atoms with Gasteiger partial charge in [0, 0.05) is 32.0 Å². The summed E-state index contributed by atoms with van der Waals surface area (Å²) in [6.45, 7) is 7.67. The Labute approximate surface area is 152 Å². The smallest absolute Gasteiger partial charge is 0.131 e. The molecule has 0 radical (unpaired) electrons. The van der Waals surface area contributed by atoms with Crippen molar-refractivity contribution in [2.75, 3.05) is 6.54 Å². The van der Waals surface area contributed by atoms with E-state index in [4.69, 9.17) is 16.7 Å². The van der Waals surface area contributed by atoms with Crippen LogP contribution in [0.4, 0.5) is 0 Å². The van der Waals surface area contributed by atoms with E-state index >= 15 is 0 Å². The SMILES string of the molecule is Cc1cc(CN2CCn3nc(-c4ncccc4C)cc3C2)cnc1Cl. The molecule has 3 aromatic rings. The molecule has 0 atom stereocenters. The minimum atomic E-state index is 0.579. The van der Waals surface area contributed by atoms with E-state index in [-0.39, 0.29) is 0 Å². The van der Waals surface area contributed by atoms with Crippen LogP contribution in [-0.4, -0.2) is 31.2 Å². The molecule has 25 heavy (non-hydrogen) atoms. The number of halogens is 1. The summed E-state index contributed by atoms with van der Waals surface area (Å²) in [5, 5.41) is 5.33. The molecule has 0 N–H and O–H groups in total. The van der Waals surface area contributed by atoms with Crippen molar-refractivity contribution in [3.8, 4) is 11.4 Å². The van der Waals surface area contributed by atoms with Crippen LogP contribution in [0.25, 0.3) is 11.4 Å². The van der Waals surface area contributed by atoms with E-state index in [1.807, 2.05) is 25.4 Å². The van der Waals surface area contributed by atoms with Gasteiger partial charge in [0.25, 0.3) is 0 Å². The lowest BCUT2D eigenvalue weighted by atomic mass is 10.1. The summed E-state index contributed by atoms with van der Waals surface area (Å²) in [5.74, 6) is 0. The third-order valence-electron chi connectivity index (χ3n) is 4.61. The molecular formula is C19H20ClN5. The van der Waals surface area contributed by atoms with Gasteiger partial charge in [-0.2, -0.15) is 5.10 Å². The molecule has 0 aromatic carbocycles. The van der Waals surface area contributed by atoms with E-state index in [1.54, 1.807) is 0 Å². The van der Waals surface area contributed by atoms with Gasteiger partial charge in [-0.1, -0.05) is 23.7 Å². The fraction of sp³-hybridized carbons (Fsp3) is 0.316. The van der Waals surface area contributed by atoms with Crippen molar-refractivity contribution in [3.05, 3.63) is 64.2 Å². The Morgan fingerprint density at radius 1 is 1.12 bits per heavy atom. The van der Waals surface area contributed by atoms with Gasteiger partial charge in [-0.25, -0.2) is 4.98 Å². The van der Waals surface area contributed by atoms with Crippen molar-refractivity contribution in [1.82, 2.24) is 24.6 Å². The van der Waals surface area contributed by atoms with Gasteiger partial charge in [0.2, 0.25) is 0 Å². The van der Waals surface area contributed by atoms with Crippen LogP contribution in [0.5, 0.6) is 0 Å². The molecule has 4 heterocycles. The van der Waals surface area contributed by atoms with Gasteiger partial charge in [0.05, 0.1) is 17.9 Å². The van der Waals surface area contributed by atoms with Crippen LogP contribution < -0.4 is 0 Å². The number of rotatable bonds is 3. The van der Waals surface area contributed by atoms with Gasteiger partial charge in [-0.15, -0.1) is 0 Å². The molecule has 6 heteroatoms. The third-order valence-corrected chi connectivity index (χ3v) is 5.00. The highest BCUT2D eigenvalue weighted by molar-refractivity contribution is 6.30. The zero-order chi connectivity index (χ0) is 17.4. The monoisotopic (exact) mass is 353 g/mol. The fourth-order valence-corrected chi connectivity index (χ4v) is 3.39. The molecule has 1 aliphatic heterocycles. The topological polar surface area (TPSA) is 46.8 Å². The summed E-state index contributed by atoms with van der Waals surface area (Å²) in [7, 11) is 0. The van der Waals surface area contributed by atoms with Crippen molar-refractivity contribution in [2.45, 2.75) is 33.5 Å². The molecule has 4 rings (SSSR count). The van der Waals surface area contributed by atoms with Gasteiger partial charge < -0.3 is 0 Å². The van der Waals surface area contributed by atoms with E-state index in [1.165, 1.54) is 11.3 Å². The molecule has 128 valence electrons. The van der Waals surface area contributed by atoms with Crippen LogP contribution in [0, 0.1) is 13.8 Å². The summed E-state index contributed by atoms with van der Waals surface area (Å²) in [6, 6.07) is 8.30. The Balaban J connectivity index is 1.53. The number of pyridine rings is 2. The Morgan fingerprint density at radius 2 is 2.00 bits per heavy atom. The number of nitrogens with zero attached hydrogens (tertiary/aromatic N) is 5. The van der Waals surface area contributed by atoms with Gasteiger partial charge in [-0.05, 0) is 42.7 Å². The first-order valence-electron chi connectivity index (χ1n) is 8.42. The Morgan fingerprint density at radius 3 is 2.80 bits per heavy atom. The average Bonchev–Trinajstić information content (AvgIpc) is 3.01. The molecule has 0 unspecified atom stereocenters. The lowest BCUT2D eigenvalue weighted by molar-refractivity contribution is 0.205. The number of hydrogen-bond acceptors (Lipinski definition) is 4. The lowest BCUT2D eigenvalue weighted by Gasteiger charge is -2.27. The van der Waals surface area contributed by atoms with E-state index in [0.29, 0.717) is 5.15 Å². The summed E-state index contributed by atoms with van der Waals surface area (Å²) in [4.78, 5) is 11.2. The highest BCUT2D eigenvalue weighted by atomic mass is 35.5. The second-order valence-electron chi connectivity index (χ2n) is 6.57. The van der Waals surface area contributed by atoms with Crippen molar-refractivity contribution in [1.29, 1.82) is 0 Å². The molecule has 0 fully saturated rings. The van der Waals surface area contributed by atoms with Crippen molar-refractivity contribution < 1.29 is 0 Å². The van der Waals surface area contributed by atoms with E-state index in [9.17, 15) is 0 Å². The molecule has 0 bridgehead atoms. The molecule has 0 aliphatic carbocycles. The van der Waals surface area contributed by atoms with Crippen molar-refractivity contribution >= 4 is 11.6 Å². The predicted octanol–water partition coefficient (Wildman–Crippen LogP) is 3.63. The Kier molecular flexibility index (Phi) is 4.27. The van der Waals surface area contributed by atoms with Gasteiger partial charge in [0.1, 0.15) is 10.8 Å². The van der Waals surface area contributed by atoms with Crippen LogP contribution in [-0.2, 0) is 19.6 Å². The second-order valence-corrected chi connectivity index (χ2v) is 6.93. The zero-order valence-electron chi connectivity index (χ0n) is 14.4. The zero-order valence-corrected chi connectivity index (χ0v) is 15.2. The molecule has 0 spiro atoms. The largest absolute Gasteiger partial charge is 0.291 e. The van der Waals surface area contributed by atoms with Crippen molar-refractivity contribution in [3.63, 3.8) is 0 Å². The maximum Gasteiger partial charge on any atom is 0.131 e. The maximum atomic E-state index is 6.02. The Hall–Kier alpha value is -2.24. The minimum Gasteiger partial charge on any atom is -0.291 e. The first-order valence-corrected chi connectivity index (χ1v) is 8.80. The summed E-state index contributed by atoms with van der Waals surface area (Å²) in [6.07, 6.45) is 3.69. The summed E-state index contributed by atoms with van der Waals surface area (Å²) < 4.78 is 2.10. The second kappa shape index (κ2) is 6.58. The maximum absolute atomic E-state index is 6.02. The molecule has 0 saturated carbocycles. The van der Waals surface area contributed by atoms with Gasteiger partial charge >= 0.3 is 0 Å². The molecular weight excluding hydrogens is 334 g/mol. The third kappa shape index (κ3) is 3.30. The standard InChI is InChI=1S/C19H20ClN5/c1-13-4-3-5-21-18(13)17-9-16-12-24(6-7-25(16)23-17)11-15-8-14(2)19(20)22-10-15/h3-5,8-10H,6-7,11-12H2,1-2H3. The van der Waals surface area contributed by atoms with Crippen LogP contribution >= 0.6 is 11.6 Å². The van der Waals surface area contributed by atoms with Crippen LogP contribution in [0.3, 0.4) is 0 Å². The molecule has 0 saturated heterocycles. The first kappa shape index (κ1) is 16.2.